The van der Waals surface area contributed by atoms with Crippen LogP contribution in [0.5, 0.6) is 0 Å². The van der Waals surface area contributed by atoms with E-state index in [-0.39, 0.29) is 13.2 Å². The van der Waals surface area contributed by atoms with Crippen LogP contribution < -0.4 is 21.9 Å². The molecule has 0 fully saturated rings. The number of nitrogens with one attached hydrogen (secondary N) is 3. The van der Waals surface area contributed by atoms with Gasteiger partial charge in [0.25, 0.3) is 5.91 Å². The van der Waals surface area contributed by atoms with Crippen LogP contribution in [0.15, 0.2) is 45.2 Å². The molecule has 0 aliphatic rings. The lowest BCUT2D eigenvalue weighted by Crippen LogP contribution is -2.47. The molecule has 0 aliphatic heterocycles. The van der Waals surface area contributed by atoms with Crippen LogP contribution in [0, 0.1) is 0 Å². The second-order valence-electron chi connectivity index (χ2n) is 5.97. The Morgan fingerprint density at radius 2 is 2.13 bits per heavy atom. The molecular weight excluding hydrogens is 474 g/mol. The maximum absolute atomic E-state index is 12.3. The third-order valence-electron chi connectivity index (χ3n) is 3.74. The standard InChI is InChI=1S/C19H22BrN5O4S/c1-2-29-19(28)16(8-15-7-13(20)10-30-15)25-17(26)9-22-18(27)12-4-3-5-14(6-12)23-11-24-21/h3-7,10-11,16H,2,8-9,21H2,1H3,(H,22,27)(H,23,24)(H,25,26). The topological polar surface area (TPSA) is 135 Å². The number of aliphatic imine (C=N–C) groups is 1. The molecule has 1 atom stereocenters. The average molecular weight is 496 g/mol. The lowest BCUT2D eigenvalue weighted by Gasteiger charge is -2.17. The van der Waals surface area contributed by atoms with Crippen molar-refractivity contribution in [1.29, 1.82) is 0 Å². The van der Waals surface area contributed by atoms with Gasteiger partial charge in [-0.05, 0) is 47.1 Å². The SMILES string of the molecule is CCOC(=O)C(Cc1cc(Br)cs1)NC(=O)CNC(=O)c1cccc(N=CNN)c1. The summed E-state index contributed by atoms with van der Waals surface area (Å²) in [6.45, 7) is 1.61. The highest BCUT2D eigenvalue weighted by atomic mass is 79.9. The third-order valence-corrected chi connectivity index (χ3v) is 5.46. The van der Waals surface area contributed by atoms with E-state index in [0.29, 0.717) is 17.7 Å². The van der Waals surface area contributed by atoms with E-state index in [4.69, 9.17) is 10.6 Å². The predicted molar refractivity (Wildman–Crippen MR) is 119 cm³/mol. The Balaban J connectivity index is 1.95. The van der Waals surface area contributed by atoms with Crippen LogP contribution in [0.4, 0.5) is 5.69 Å². The molecule has 0 saturated heterocycles. The largest absolute Gasteiger partial charge is 0.464 e. The summed E-state index contributed by atoms with van der Waals surface area (Å²) in [5, 5.41) is 7.04. The summed E-state index contributed by atoms with van der Waals surface area (Å²) in [4.78, 5) is 41.8. The van der Waals surface area contributed by atoms with Crippen LogP contribution in [-0.4, -0.2) is 43.3 Å². The first kappa shape index (κ1) is 23.5. The molecule has 0 aliphatic carbocycles. The number of nitrogens with zero attached hydrogens (tertiary/aromatic N) is 1. The number of thiophene rings is 1. The van der Waals surface area contributed by atoms with Crippen molar-refractivity contribution in [3.63, 3.8) is 0 Å². The van der Waals surface area contributed by atoms with Gasteiger partial charge in [0, 0.05) is 26.7 Å². The fourth-order valence-corrected chi connectivity index (χ4v) is 3.94. The van der Waals surface area contributed by atoms with Crippen LogP contribution >= 0.6 is 27.3 Å². The van der Waals surface area contributed by atoms with Crippen LogP contribution in [0.1, 0.15) is 22.2 Å². The first-order valence-electron chi connectivity index (χ1n) is 8.98. The van der Waals surface area contributed by atoms with Gasteiger partial charge in [0.2, 0.25) is 5.91 Å². The van der Waals surface area contributed by atoms with Crippen molar-refractivity contribution in [2.75, 3.05) is 13.2 Å². The molecule has 160 valence electrons. The van der Waals surface area contributed by atoms with Gasteiger partial charge < -0.3 is 20.8 Å². The third kappa shape index (κ3) is 7.58. The summed E-state index contributed by atoms with van der Waals surface area (Å²) in [6.07, 6.45) is 1.58. The lowest BCUT2D eigenvalue weighted by atomic mass is 10.1. The summed E-state index contributed by atoms with van der Waals surface area (Å²) in [6, 6.07) is 7.54. The maximum atomic E-state index is 12.3. The minimum absolute atomic E-state index is 0.203. The zero-order chi connectivity index (χ0) is 21.9. The fraction of sp³-hybridized carbons (Fsp3) is 0.263. The summed E-state index contributed by atoms with van der Waals surface area (Å²) >= 11 is 4.83. The first-order chi connectivity index (χ1) is 14.4. The minimum atomic E-state index is -0.846. The van der Waals surface area contributed by atoms with Crippen molar-refractivity contribution >= 4 is 57.1 Å². The van der Waals surface area contributed by atoms with Crippen molar-refractivity contribution in [1.82, 2.24) is 16.1 Å². The van der Waals surface area contributed by atoms with Crippen molar-refractivity contribution in [2.45, 2.75) is 19.4 Å². The molecule has 1 heterocycles. The molecule has 0 bridgehead atoms. The molecule has 9 nitrogen and oxygen atoms in total. The second kappa shape index (κ2) is 12.1. The van der Waals surface area contributed by atoms with Gasteiger partial charge in [-0.2, -0.15) is 0 Å². The maximum Gasteiger partial charge on any atom is 0.329 e. The van der Waals surface area contributed by atoms with E-state index >= 15 is 0 Å². The van der Waals surface area contributed by atoms with Crippen molar-refractivity contribution in [3.05, 3.63) is 50.6 Å². The highest BCUT2D eigenvalue weighted by Crippen LogP contribution is 2.21. The Labute approximate surface area is 186 Å². The number of hydrogen-bond acceptors (Lipinski definition) is 7. The Morgan fingerprint density at radius 3 is 2.80 bits per heavy atom. The molecule has 0 saturated carbocycles. The van der Waals surface area contributed by atoms with E-state index in [2.05, 4.69) is 37.0 Å². The monoisotopic (exact) mass is 495 g/mol. The Morgan fingerprint density at radius 1 is 1.33 bits per heavy atom. The number of rotatable bonds is 10. The van der Waals surface area contributed by atoms with Gasteiger partial charge in [-0.15, -0.1) is 11.3 Å². The number of halogens is 1. The zero-order valence-corrected chi connectivity index (χ0v) is 18.6. The van der Waals surface area contributed by atoms with E-state index in [1.807, 2.05) is 11.4 Å². The normalized spacial score (nSPS) is 11.7. The smallest absolute Gasteiger partial charge is 0.329 e. The van der Waals surface area contributed by atoms with Gasteiger partial charge in [0.1, 0.15) is 12.4 Å². The Bertz CT molecular complexity index is 918. The lowest BCUT2D eigenvalue weighted by molar-refractivity contribution is -0.147. The van der Waals surface area contributed by atoms with Crippen LogP contribution in [0.3, 0.4) is 0 Å². The van der Waals surface area contributed by atoms with Gasteiger partial charge in [-0.3, -0.25) is 9.59 Å². The van der Waals surface area contributed by atoms with Crippen molar-refractivity contribution in [3.8, 4) is 0 Å². The number of nitrogens with two attached hydrogens (primary N) is 1. The average Bonchev–Trinajstić information content (AvgIpc) is 3.15. The van der Waals surface area contributed by atoms with E-state index in [1.165, 1.54) is 17.7 Å². The number of amides is 2. The molecule has 30 heavy (non-hydrogen) atoms. The fourth-order valence-electron chi connectivity index (χ4n) is 2.45. The number of benzene rings is 1. The predicted octanol–water partition coefficient (Wildman–Crippen LogP) is 1.65. The molecule has 2 rings (SSSR count). The molecule has 1 aromatic heterocycles. The van der Waals surface area contributed by atoms with Gasteiger partial charge in [0.05, 0.1) is 18.8 Å². The van der Waals surface area contributed by atoms with E-state index in [9.17, 15) is 14.4 Å². The molecule has 2 amide bonds. The van der Waals surface area contributed by atoms with E-state index in [1.54, 1.807) is 31.2 Å². The second-order valence-corrected chi connectivity index (χ2v) is 7.88. The molecule has 1 aromatic carbocycles. The molecule has 0 spiro atoms. The first-order valence-corrected chi connectivity index (χ1v) is 10.7. The van der Waals surface area contributed by atoms with Crippen LogP contribution in [-0.2, 0) is 20.7 Å². The molecule has 0 radical (unpaired) electrons. The molecule has 1 unspecified atom stereocenters. The number of hydrazine groups is 1. The highest BCUT2D eigenvalue weighted by molar-refractivity contribution is 9.10. The minimum Gasteiger partial charge on any atom is -0.464 e. The molecular formula is C19H22BrN5O4S. The quantitative estimate of drug-likeness (QED) is 0.130. The van der Waals surface area contributed by atoms with Crippen LogP contribution in [0.2, 0.25) is 0 Å². The number of ether oxygens (including phenoxy) is 1. The molecule has 11 heteroatoms. The van der Waals surface area contributed by atoms with Crippen LogP contribution in [0.25, 0.3) is 0 Å². The highest BCUT2D eigenvalue weighted by Gasteiger charge is 2.23. The van der Waals surface area contributed by atoms with Crippen molar-refractivity contribution < 1.29 is 19.1 Å². The van der Waals surface area contributed by atoms with E-state index in [0.717, 1.165) is 9.35 Å². The summed E-state index contributed by atoms with van der Waals surface area (Å²) < 4.78 is 5.95. The summed E-state index contributed by atoms with van der Waals surface area (Å²) in [5.41, 5.74) is 3.13. The van der Waals surface area contributed by atoms with Gasteiger partial charge in [-0.25, -0.2) is 15.6 Å². The number of esters is 1. The number of carbonyl (C=O) groups excluding carboxylic acids is 3. The van der Waals surface area contributed by atoms with Gasteiger partial charge >= 0.3 is 5.97 Å². The Kier molecular flexibility index (Phi) is 9.45. The summed E-state index contributed by atoms with van der Waals surface area (Å²) in [7, 11) is 0. The number of hydrogen-bond donors (Lipinski definition) is 4. The van der Waals surface area contributed by atoms with Gasteiger partial charge in [0.15, 0.2) is 0 Å². The Hall–Kier alpha value is -2.76. The van der Waals surface area contributed by atoms with Gasteiger partial charge in [-0.1, -0.05) is 6.07 Å². The number of carbonyl (C=O) groups is 3. The van der Waals surface area contributed by atoms with Crippen molar-refractivity contribution in [2.24, 2.45) is 10.8 Å². The summed E-state index contributed by atoms with van der Waals surface area (Å²) in [5.74, 6) is 3.65. The van der Waals surface area contributed by atoms with E-state index < -0.39 is 23.8 Å². The molecule has 5 N–H and O–H groups in total. The zero-order valence-electron chi connectivity index (χ0n) is 16.2. The molecule has 2 aromatic rings.